The molecule has 1 nitrogen and oxygen atoms in total. The zero-order chi connectivity index (χ0) is 10.4. The largest absolute Gasteiger partial charge is 0.497 e. The highest BCUT2D eigenvalue weighted by molar-refractivity contribution is 9.09. The Labute approximate surface area is 93.9 Å². The Morgan fingerprint density at radius 1 is 1.43 bits per heavy atom. The highest BCUT2D eigenvalue weighted by atomic mass is 79.9. The molecular weight excluding hydrogens is 240 g/mol. The van der Waals surface area contributed by atoms with Crippen molar-refractivity contribution in [3.63, 3.8) is 0 Å². The van der Waals surface area contributed by atoms with Crippen LogP contribution in [-0.4, -0.2) is 12.4 Å². The van der Waals surface area contributed by atoms with Crippen molar-refractivity contribution in [3.05, 3.63) is 35.4 Å². The first kappa shape index (κ1) is 11.3. The highest BCUT2D eigenvalue weighted by Crippen LogP contribution is 2.18. The molecule has 1 aromatic rings. The van der Waals surface area contributed by atoms with Crippen molar-refractivity contribution in [2.24, 2.45) is 0 Å². The molecule has 1 aromatic carbocycles. The minimum atomic E-state index is 0.911. The van der Waals surface area contributed by atoms with E-state index in [1.54, 1.807) is 7.11 Å². The van der Waals surface area contributed by atoms with Gasteiger partial charge in [-0.05, 0) is 36.6 Å². The maximum Gasteiger partial charge on any atom is 0.119 e. The van der Waals surface area contributed by atoms with E-state index in [4.69, 9.17) is 4.74 Å². The van der Waals surface area contributed by atoms with Gasteiger partial charge in [-0.3, -0.25) is 0 Å². The number of allylic oxidation sites excluding steroid dienone is 1. The topological polar surface area (TPSA) is 9.23 Å². The van der Waals surface area contributed by atoms with Crippen LogP contribution in [0.3, 0.4) is 0 Å². The van der Waals surface area contributed by atoms with Crippen LogP contribution in [0.4, 0.5) is 0 Å². The maximum atomic E-state index is 5.17. The smallest absolute Gasteiger partial charge is 0.119 e. The van der Waals surface area contributed by atoms with Crippen LogP contribution in [-0.2, 0) is 0 Å². The van der Waals surface area contributed by atoms with E-state index in [0.29, 0.717) is 0 Å². The second kappa shape index (κ2) is 5.86. The van der Waals surface area contributed by atoms with E-state index >= 15 is 0 Å². The van der Waals surface area contributed by atoms with Crippen molar-refractivity contribution in [2.75, 3.05) is 12.4 Å². The molecule has 0 amide bonds. The molecule has 0 spiro atoms. The lowest BCUT2D eigenvalue weighted by molar-refractivity contribution is 0.414. The molecular formula is C12H15BrO. The van der Waals surface area contributed by atoms with Crippen LogP contribution in [0.2, 0.25) is 0 Å². The fourth-order valence-corrected chi connectivity index (χ4v) is 1.46. The van der Waals surface area contributed by atoms with E-state index in [0.717, 1.165) is 17.5 Å². The highest BCUT2D eigenvalue weighted by Gasteiger charge is 1.96. The number of rotatable bonds is 4. The summed E-state index contributed by atoms with van der Waals surface area (Å²) >= 11 is 3.39. The van der Waals surface area contributed by atoms with Gasteiger partial charge in [-0.2, -0.15) is 0 Å². The summed E-state index contributed by atoms with van der Waals surface area (Å²) in [5.41, 5.74) is 2.50. The predicted octanol–water partition coefficient (Wildman–Crippen LogP) is 3.80. The zero-order valence-electron chi connectivity index (χ0n) is 8.59. The molecule has 0 saturated carbocycles. The van der Waals surface area contributed by atoms with Gasteiger partial charge in [0.05, 0.1) is 7.11 Å². The van der Waals surface area contributed by atoms with Gasteiger partial charge < -0.3 is 4.74 Å². The van der Waals surface area contributed by atoms with Crippen molar-refractivity contribution in [1.82, 2.24) is 0 Å². The first-order chi connectivity index (χ1) is 6.77. The number of ether oxygens (including phenoxy) is 1. The zero-order valence-corrected chi connectivity index (χ0v) is 10.2. The quantitative estimate of drug-likeness (QED) is 0.743. The summed E-state index contributed by atoms with van der Waals surface area (Å²) < 4.78 is 5.17. The molecule has 0 aliphatic rings. The van der Waals surface area contributed by atoms with Gasteiger partial charge in [0.1, 0.15) is 5.75 Å². The standard InChI is InChI=1S/C12H15BrO/c1-10-6-7-12(14-2)9-11(10)5-3-4-8-13/h3,5-7,9H,4,8H2,1-2H3. The third-order valence-electron chi connectivity index (χ3n) is 2.06. The average Bonchev–Trinajstić information content (AvgIpc) is 2.21. The van der Waals surface area contributed by atoms with Gasteiger partial charge >= 0.3 is 0 Å². The van der Waals surface area contributed by atoms with Gasteiger partial charge in [0.15, 0.2) is 0 Å². The number of benzene rings is 1. The van der Waals surface area contributed by atoms with Crippen molar-refractivity contribution in [2.45, 2.75) is 13.3 Å². The van der Waals surface area contributed by atoms with Crippen molar-refractivity contribution in [1.29, 1.82) is 0 Å². The Morgan fingerprint density at radius 3 is 2.86 bits per heavy atom. The van der Waals surface area contributed by atoms with E-state index in [1.165, 1.54) is 11.1 Å². The van der Waals surface area contributed by atoms with Crippen LogP contribution in [0.5, 0.6) is 5.75 Å². The molecule has 2 heteroatoms. The van der Waals surface area contributed by atoms with Crippen LogP contribution in [0.25, 0.3) is 6.08 Å². The number of hydrogen-bond donors (Lipinski definition) is 0. The first-order valence-electron chi connectivity index (χ1n) is 4.65. The number of hydrogen-bond acceptors (Lipinski definition) is 1. The molecule has 0 N–H and O–H groups in total. The van der Waals surface area contributed by atoms with Crippen molar-refractivity contribution < 1.29 is 4.74 Å². The molecule has 0 atom stereocenters. The normalized spacial score (nSPS) is 10.8. The van der Waals surface area contributed by atoms with E-state index in [1.807, 2.05) is 6.07 Å². The summed E-state index contributed by atoms with van der Waals surface area (Å²) in [6, 6.07) is 6.11. The molecule has 14 heavy (non-hydrogen) atoms. The molecule has 0 heterocycles. The fourth-order valence-electron chi connectivity index (χ4n) is 1.20. The van der Waals surface area contributed by atoms with E-state index in [2.05, 4.69) is 47.1 Å². The van der Waals surface area contributed by atoms with Gasteiger partial charge in [-0.1, -0.05) is 34.1 Å². The van der Waals surface area contributed by atoms with Crippen molar-refractivity contribution >= 4 is 22.0 Å². The Bertz CT molecular complexity index is 318. The summed E-state index contributed by atoms with van der Waals surface area (Å²) in [7, 11) is 1.69. The van der Waals surface area contributed by atoms with E-state index < -0.39 is 0 Å². The summed E-state index contributed by atoms with van der Waals surface area (Å²) in [5, 5.41) is 1.01. The lowest BCUT2D eigenvalue weighted by Crippen LogP contribution is -1.86. The minimum Gasteiger partial charge on any atom is -0.497 e. The first-order valence-corrected chi connectivity index (χ1v) is 5.77. The number of alkyl halides is 1. The predicted molar refractivity (Wildman–Crippen MR) is 65.2 cm³/mol. The molecule has 0 bridgehead atoms. The Hall–Kier alpha value is -0.760. The Balaban J connectivity index is 2.83. The monoisotopic (exact) mass is 254 g/mol. The third kappa shape index (κ3) is 3.18. The average molecular weight is 255 g/mol. The summed E-state index contributed by atoms with van der Waals surface area (Å²) in [4.78, 5) is 0. The molecule has 1 rings (SSSR count). The van der Waals surface area contributed by atoms with Crippen LogP contribution < -0.4 is 4.74 Å². The van der Waals surface area contributed by atoms with E-state index in [9.17, 15) is 0 Å². The molecule has 0 radical (unpaired) electrons. The van der Waals surface area contributed by atoms with Crippen LogP contribution in [0.1, 0.15) is 17.5 Å². The Morgan fingerprint density at radius 2 is 2.21 bits per heavy atom. The van der Waals surface area contributed by atoms with Crippen LogP contribution >= 0.6 is 15.9 Å². The van der Waals surface area contributed by atoms with Crippen LogP contribution in [0, 0.1) is 6.92 Å². The van der Waals surface area contributed by atoms with Crippen LogP contribution in [0.15, 0.2) is 24.3 Å². The molecule has 0 fully saturated rings. The molecule has 0 unspecified atom stereocenters. The van der Waals surface area contributed by atoms with Gasteiger partial charge in [0.2, 0.25) is 0 Å². The number of halogens is 1. The van der Waals surface area contributed by atoms with Gasteiger partial charge in [-0.25, -0.2) is 0 Å². The molecule has 0 aliphatic heterocycles. The Kier molecular flexibility index (Phi) is 4.74. The second-order valence-corrected chi connectivity index (χ2v) is 3.90. The van der Waals surface area contributed by atoms with Crippen molar-refractivity contribution in [3.8, 4) is 5.75 Å². The molecule has 76 valence electrons. The molecule has 0 aromatic heterocycles. The minimum absolute atomic E-state index is 0.911. The third-order valence-corrected chi connectivity index (χ3v) is 2.52. The van der Waals surface area contributed by atoms with E-state index in [-0.39, 0.29) is 0 Å². The summed E-state index contributed by atoms with van der Waals surface area (Å²) in [6.45, 7) is 2.10. The van der Waals surface area contributed by atoms with Gasteiger partial charge in [0, 0.05) is 5.33 Å². The lowest BCUT2D eigenvalue weighted by Gasteiger charge is -2.04. The summed E-state index contributed by atoms with van der Waals surface area (Å²) in [5.74, 6) is 0.911. The molecule has 0 aliphatic carbocycles. The van der Waals surface area contributed by atoms with Gasteiger partial charge in [0.25, 0.3) is 0 Å². The number of aryl methyl sites for hydroxylation is 1. The number of methoxy groups -OCH3 is 1. The molecule has 0 saturated heterocycles. The summed E-state index contributed by atoms with van der Waals surface area (Å²) in [6.07, 6.45) is 5.35. The fraction of sp³-hybridized carbons (Fsp3) is 0.333. The van der Waals surface area contributed by atoms with Gasteiger partial charge in [-0.15, -0.1) is 0 Å². The second-order valence-electron chi connectivity index (χ2n) is 3.10. The SMILES string of the molecule is COc1ccc(C)c(C=CCCBr)c1. The lowest BCUT2D eigenvalue weighted by atomic mass is 10.1. The maximum absolute atomic E-state index is 5.17.